The van der Waals surface area contributed by atoms with Crippen LogP contribution in [-0.4, -0.2) is 41.0 Å². The minimum Gasteiger partial charge on any atom is -0.398 e. The van der Waals surface area contributed by atoms with Crippen molar-refractivity contribution in [3.8, 4) is 0 Å². The standard InChI is InChI=1S/C15H19N3O3/c1-9(16)15(21)18-8-4-7-12(18)14(20)13(19)10-5-2-3-6-11(10)17/h2-3,5-6,9,12H,4,7-8,16-17H2,1H3/t9-,12-/m0/s1. The van der Waals surface area contributed by atoms with E-state index in [2.05, 4.69) is 0 Å². The van der Waals surface area contributed by atoms with Gasteiger partial charge in [-0.25, -0.2) is 0 Å². The van der Waals surface area contributed by atoms with Crippen LogP contribution in [0.2, 0.25) is 0 Å². The summed E-state index contributed by atoms with van der Waals surface area (Å²) < 4.78 is 0. The Morgan fingerprint density at radius 1 is 1.29 bits per heavy atom. The zero-order valence-electron chi connectivity index (χ0n) is 11.9. The van der Waals surface area contributed by atoms with Crippen molar-refractivity contribution in [2.45, 2.75) is 31.8 Å². The second-order valence-corrected chi connectivity index (χ2v) is 5.26. The van der Waals surface area contributed by atoms with Crippen LogP contribution in [0.5, 0.6) is 0 Å². The monoisotopic (exact) mass is 289 g/mol. The molecule has 0 unspecified atom stereocenters. The van der Waals surface area contributed by atoms with E-state index in [1.165, 1.54) is 11.0 Å². The summed E-state index contributed by atoms with van der Waals surface area (Å²) in [5, 5.41) is 0. The first-order chi connectivity index (χ1) is 9.93. The Bertz CT molecular complexity index is 583. The average Bonchev–Trinajstić information content (AvgIpc) is 2.94. The summed E-state index contributed by atoms with van der Waals surface area (Å²) in [5.41, 5.74) is 11.8. The third kappa shape index (κ3) is 2.95. The van der Waals surface area contributed by atoms with Gasteiger partial charge in [-0.15, -0.1) is 0 Å². The zero-order chi connectivity index (χ0) is 15.6. The lowest BCUT2D eigenvalue weighted by atomic mass is 9.99. The first-order valence-electron chi connectivity index (χ1n) is 6.92. The van der Waals surface area contributed by atoms with Crippen molar-refractivity contribution in [1.29, 1.82) is 0 Å². The van der Waals surface area contributed by atoms with E-state index in [1.54, 1.807) is 25.1 Å². The van der Waals surface area contributed by atoms with Crippen LogP contribution in [-0.2, 0) is 9.59 Å². The molecule has 1 aromatic rings. The van der Waals surface area contributed by atoms with Crippen molar-refractivity contribution in [3.05, 3.63) is 29.8 Å². The molecule has 2 atom stereocenters. The second kappa shape index (κ2) is 6.05. The molecule has 21 heavy (non-hydrogen) atoms. The van der Waals surface area contributed by atoms with Gasteiger partial charge < -0.3 is 16.4 Å². The smallest absolute Gasteiger partial charge is 0.239 e. The molecule has 1 aliphatic heterocycles. The van der Waals surface area contributed by atoms with Gasteiger partial charge in [0.05, 0.1) is 12.1 Å². The van der Waals surface area contributed by atoms with Crippen molar-refractivity contribution in [2.75, 3.05) is 12.3 Å². The molecule has 1 saturated heterocycles. The van der Waals surface area contributed by atoms with Crippen LogP contribution in [0, 0.1) is 0 Å². The molecule has 0 bridgehead atoms. The molecule has 1 amide bonds. The number of nitrogens with zero attached hydrogens (tertiary/aromatic N) is 1. The summed E-state index contributed by atoms with van der Waals surface area (Å²) in [6.45, 7) is 2.02. The molecule has 1 aromatic carbocycles. The van der Waals surface area contributed by atoms with Crippen molar-refractivity contribution >= 4 is 23.2 Å². The highest BCUT2D eigenvalue weighted by Crippen LogP contribution is 2.22. The SMILES string of the molecule is C[C@H](N)C(=O)N1CCC[C@H]1C(=O)C(=O)c1ccccc1N. The number of ketones is 2. The topological polar surface area (TPSA) is 106 Å². The molecule has 6 nitrogen and oxygen atoms in total. The van der Waals surface area contributed by atoms with Gasteiger partial charge >= 0.3 is 0 Å². The Morgan fingerprint density at radius 2 is 1.95 bits per heavy atom. The first kappa shape index (κ1) is 15.2. The second-order valence-electron chi connectivity index (χ2n) is 5.26. The van der Waals surface area contributed by atoms with E-state index in [4.69, 9.17) is 11.5 Å². The Hall–Kier alpha value is -2.21. The highest BCUT2D eigenvalue weighted by Gasteiger charge is 2.38. The number of carbonyl (C=O) groups excluding carboxylic acids is 3. The van der Waals surface area contributed by atoms with Crippen molar-refractivity contribution in [2.24, 2.45) is 5.73 Å². The number of hydrogen-bond donors (Lipinski definition) is 2. The van der Waals surface area contributed by atoms with Gasteiger partial charge in [0.15, 0.2) is 0 Å². The van der Waals surface area contributed by atoms with Crippen LogP contribution in [0.15, 0.2) is 24.3 Å². The summed E-state index contributed by atoms with van der Waals surface area (Å²) in [4.78, 5) is 38.1. The fraction of sp³-hybridized carbons (Fsp3) is 0.400. The highest BCUT2D eigenvalue weighted by molar-refractivity contribution is 6.46. The largest absolute Gasteiger partial charge is 0.398 e. The number of carbonyl (C=O) groups is 3. The van der Waals surface area contributed by atoms with Crippen molar-refractivity contribution in [3.63, 3.8) is 0 Å². The molecule has 1 heterocycles. The number of rotatable bonds is 4. The number of hydrogen-bond acceptors (Lipinski definition) is 5. The molecule has 0 radical (unpaired) electrons. The Balaban J connectivity index is 2.21. The zero-order valence-corrected chi connectivity index (χ0v) is 11.9. The van der Waals surface area contributed by atoms with Gasteiger partial charge in [-0.3, -0.25) is 14.4 Å². The maximum atomic E-state index is 12.4. The molecule has 2 rings (SSSR count). The van der Waals surface area contributed by atoms with Crippen LogP contribution in [0.25, 0.3) is 0 Å². The predicted octanol–water partition coefficient (Wildman–Crippen LogP) is 0.359. The molecule has 1 fully saturated rings. The number of benzene rings is 1. The minimum atomic E-state index is -0.726. The van der Waals surface area contributed by atoms with E-state index in [0.717, 1.165) is 0 Å². The fourth-order valence-electron chi connectivity index (χ4n) is 2.55. The summed E-state index contributed by atoms with van der Waals surface area (Å²) in [6.07, 6.45) is 1.17. The van der Waals surface area contributed by atoms with Crippen LogP contribution in [0.3, 0.4) is 0 Å². The molecule has 6 heteroatoms. The first-order valence-corrected chi connectivity index (χ1v) is 6.92. The lowest BCUT2D eigenvalue weighted by Gasteiger charge is -2.24. The van der Waals surface area contributed by atoms with Crippen molar-refractivity contribution < 1.29 is 14.4 Å². The summed E-state index contributed by atoms with van der Waals surface area (Å²) in [5.74, 6) is -1.55. The number of nitrogens with two attached hydrogens (primary N) is 2. The summed E-state index contributed by atoms with van der Waals surface area (Å²) in [6, 6.07) is 5.02. The fourth-order valence-corrected chi connectivity index (χ4v) is 2.55. The Kier molecular flexibility index (Phi) is 4.37. The van der Waals surface area contributed by atoms with Crippen LogP contribution in [0.1, 0.15) is 30.1 Å². The molecule has 0 spiro atoms. The quantitative estimate of drug-likeness (QED) is 0.473. The molecule has 0 saturated carbocycles. The van der Waals surface area contributed by atoms with Crippen LogP contribution in [0.4, 0.5) is 5.69 Å². The number of para-hydroxylation sites is 1. The third-order valence-electron chi connectivity index (χ3n) is 3.66. The molecular formula is C15H19N3O3. The van der Waals surface area contributed by atoms with Crippen LogP contribution >= 0.6 is 0 Å². The molecule has 1 aliphatic rings. The van der Waals surface area contributed by atoms with E-state index in [9.17, 15) is 14.4 Å². The van der Waals surface area contributed by atoms with Gasteiger partial charge in [0.25, 0.3) is 0 Å². The third-order valence-corrected chi connectivity index (χ3v) is 3.66. The molecule has 0 aromatic heterocycles. The van der Waals surface area contributed by atoms with E-state index >= 15 is 0 Å². The summed E-state index contributed by atoms with van der Waals surface area (Å²) in [7, 11) is 0. The van der Waals surface area contributed by atoms with Gasteiger partial charge in [0.1, 0.15) is 0 Å². The van der Waals surface area contributed by atoms with Gasteiger partial charge in [-0.1, -0.05) is 12.1 Å². The van der Waals surface area contributed by atoms with Crippen LogP contribution < -0.4 is 11.5 Å². The predicted molar refractivity (Wildman–Crippen MR) is 78.6 cm³/mol. The molecule has 112 valence electrons. The Morgan fingerprint density at radius 3 is 2.57 bits per heavy atom. The Labute approximate surface area is 123 Å². The molecule has 0 aliphatic carbocycles. The summed E-state index contributed by atoms with van der Waals surface area (Å²) >= 11 is 0. The maximum Gasteiger partial charge on any atom is 0.239 e. The van der Waals surface area contributed by atoms with Crippen molar-refractivity contribution in [1.82, 2.24) is 4.90 Å². The van der Waals surface area contributed by atoms with E-state index in [-0.39, 0.29) is 17.2 Å². The minimum absolute atomic E-state index is 0.183. The normalized spacial score (nSPS) is 19.3. The number of likely N-dealkylation sites (tertiary alicyclic amines) is 1. The highest BCUT2D eigenvalue weighted by atomic mass is 16.2. The van der Waals surface area contributed by atoms with Gasteiger partial charge in [0.2, 0.25) is 17.5 Å². The number of amides is 1. The average molecular weight is 289 g/mol. The lowest BCUT2D eigenvalue weighted by Crippen LogP contribution is -2.48. The van der Waals surface area contributed by atoms with Gasteiger partial charge in [-0.05, 0) is 31.9 Å². The van der Waals surface area contributed by atoms with Gasteiger partial charge in [0, 0.05) is 17.8 Å². The van der Waals surface area contributed by atoms with E-state index < -0.39 is 23.7 Å². The lowest BCUT2D eigenvalue weighted by molar-refractivity contribution is -0.136. The van der Waals surface area contributed by atoms with Gasteiger partial charge in [-0.2, -0.15) is 0 Å². The molecule has 4 N–H and O–H groups in total. The number of Topliss-reactive ketones (excluding diaryl/α,β-unsaturated/α-hetero) is 2. The molecular weight excluding hydrogens is 270 g/mol. The number of nitrogen functional groups attached to an aromatic ring is 1. The number of anilines is 1. The van der Waals surface area contributed by atoms with E-state index in [0.29, 0.717) is 19.4 Å². The maximum absolute atomic E-state index is 12.4. The van der Waals surface area contributed by atoms with E-state index in [1.807, 2.05) is 0 Å².